The molecule has 26 heavy (non-hydrogen) atoms. The lowest BCUT2D eigenvalue weighted by atomic mass is 10.2. The summed E-state index contributed by atoms with van der Waals surface area (Å²) >= 11 is 0. The van der Waals surface area contributed by atoms with Crippen molar-refractivity contribution in [3.05, 3.63) is 48.3 Å². The van der Waals surface area contributed by atoms with E-state index in [-0.39, 0.29) is 5.91 Å². The van der Waals surface area contributed by atoms with Crippen molar-refractivity contribution in [3.63, 3.8) is 0 Å². The Bertz CT molecular complexity index is 783. The minimum atomic E-state index is -0.0190. The number of methoxy groups -OCH3 is 1. The number of anilines is 2. The second-order valence-corrected chi connectivity index (χ2v) is 6.83. The molecule has 0 bridgehead atoms. The highest BCUT2D eigenvalue weighted by Gasteiger charge is 2.25. The summed E-state index contributed by atoms with van der Waals surface area (Å²) in [6.07, 6.45) is 5.66. The van der Waals surface area contributed by atoms with Gasteiger partial charge in [-0.25, -0.2) is 0 Å². The van der Waals surface area contributed by atoms with Gasteiger partial charge < -0.3 is 19.9 Å². The highest BCUT2D eigenvalue weighted by atomic mass is 16.5. The highest BCUT2D eigenvalue weighted by molar-refractivity contribution is 5.95. The molecule has 1 saturated carbocycles. The van der Waals surface area contributed by atoms with Gasteiger partial charge in [0.25, 0.3) is 5.91 Å². The molecule has 0 spiro atoms. The van der Waals surface area contributed by atoms with Crippen LogP contribution in [0.25, 0.3) is 0 Å². The Balaban J connectivity index is 1.42. The molecular weight excluding hydrogens is 328 g/mol. The van der Waals surface area contributed by atoms with Crippen LogP contribution in [-0.4, -0.2) is 50.2 Å². The maximum absolute atomic E-state index is 12.2. The fraction of sp³-hybridized carbons (Fsp3) is 0.400. The van der Waals surface area contributed by atoms with Gasteiger partial charge in [-0.2, -0.15) is 0 Å². The summed E-state index contributed by atoms with van der Waals surface area (Å²) in [6, 6.07) is 10.4. The molecule has 136 valence electrons. The van der Waals surface area contributed by atoms with Gasteiger partial charge in [0.2, 0.25) is 0 Å². The van der Waals surface area contributed by atoms with Crippen LogP contribution < -0.4 is 19.9 Å². The van der Waals surface area contributed by atoms with E-state index in [4.69, 9.17) is 4.74 Å². The average molecular weight is 352 g/mol. The summed E-state index contributed by atoms with van der Waals surface area (Å²) in [7, 11) is 1.71. The van der Waals surface area contributed by atoms with Gasteiger partial charge in [0, 0.05) is 38.4 Å². The van der Waals surface area contributed by atoms with Crippen molar-refractivity contribution in [2.45, 2.75) is 18.9 Å². The Morgan fingerprint density at radius 3 is 2.58 bits per heavy atom. The summed E-state index contributed by atoms with van der Waals surface area (Å²) in [5.74, 6) is 0.885. The standard InChI is InChI=1S/C20H24N4O2/c1-26-19-5-3-2-4-18(19)24-10-8-23(9-11-24)17-12-15(13-21-14-17)20(25)22-16-6-7-16/h2-5,12-14,16H,6-11H2,1H3,(H,22,25). The lowest BCUT2D eigenvalue weighted by Gasteiger charge is -2.37. The summed E-state index contributed by atoms with van der Waals surface area (Å²) in [5, 5.41) is 3.02. The third-order valence-electron chi connectivity index (χ3n) is 4.97. The van der Waals surface area contributed by atoms with Crippen LogP contribution in [0.1, 0.15) is 23.2 Å². The first-order valence-corrected chi connectivity index (χ1v) is 9.13. The van der Waals surface area contributed by atoms with E-state index in [1.54, 1.807) is 13.3 Å². The fourth-order valence-electron chi connectivity index (χ4n) is 3.32. The van der Waals surface area contributed by atoms with E-state index in [1.165, 1.54) is 0 Å². The predicted octanol–water partition coefficient (Wildman–Crippen LogP) is 2.31. The summed E-state index contributed by atoms with van der Waals surface area (Å²) in [5.41, 5.74) is 2.78. The maximum atomic E-state index is 12.2. The van der Waals surface area contributed by atoms with Crippen LogP contribution in [0.5, 0.6) is 5.75 Å². The second kappa shape index (κ2) is 7.23. The molecule has 6 heteroatoms. The Kier molecular flexibility index (Phi) is 4.65. The van der Waals surface area contributed by atoms with E-state index in [9.17, 15) is 4.79 Å². The molecular formula is C20H24N4O2. The monoisotopic (exact) mass is 352 g/mol. The van der Waals surface area contributed by atoms with Crippen molar-refractivity contribution in [3.8, 4) is 5.75 Å². The van der Waals surface area contributed by atoms with Crippen molar-refractivity contribution >= 4 is 17.3 Å². The number of amides is 1. The first-order valence-electron chi connectivity index (χ1n) is 9.13. The third kappa shape index (κ3) is 3.59. The van der Waals surface area contributed by atoms with E-state index in [2.05, 4.69) is 26.2 Å². The zero-order valence-corrected chi connectivity index (χ0v) is 15.0. The number of hydrogen-bond donors (Lipinski definition) is 1. The van der Waals surface area contributed by atoms with Gasteiger partial charge in [-0.3, -0.25) is 9.78 Å². The topological polar surface area (TPSA) is 57.7 Å². The zero-order valence-electron chi connectivity index (χ0n) is 15.0. The molecule has 1 aromatic carbocycles. The van der Waals surface area contributed by atoms with Gasteiger partial charge in [-0.1, -0.05) is 12.1 Å². The second-order valence-electron chi connectivity index (χ2n) is 6.83. The van der Waals surface area contributed by atoms with Crippen molar-refractivity contribution in [2.24, 2.45) is 0 Å². The number of benzene rings is 1. The molecule has 1 saturated heterocycles. The van der Waals surface area contributed by atoms with Crippen LogP contribution in [0.3, 0.4) is 0 Å². The number of ether oxygens (including phenoxy) is 1. The van der Waals surface area contributed by atoms with Crippen LogP contribution >= 0.6 is 0 Å². The van der Waals surface area contributed by atoms with E-state index >= 15 is 0 Å². The largest absolute Gasteiger partial charge is 0.495 e. The molecule has 2 aromatic rings. The first kappa shape index (κ1) is 16.7. The van der Waals surface area contributed by atoms with E-state index in [0.717, 1.165) is 56.1 Å². The number of carbonyl (C=O) groups excluding carboxylic acids is 1. The normalized spacial score (nSPS) is 17.1. The van der Waals surface area contributed by atoms with E-state index in [0.29, 0.717) is 11.6 Å². The Hall–Kier alpha value is -2.76. The molecule has 1 amide bonds. The Morgan fingerprint density at radius 1 is 1.12 bits per heavy atom. The molecule has 4 rings (SSSR count). The molecule has 0 radical (unpaired) electrons. The van der Waals surface area contributed by atoms with Crippen molar-refractivity contribution < 1.29 is 9.53 Å². The van der Waals surface area contributed by atoms with Gasteiger partial charge in [-0.15, -0.1) is 0 Å². The molecule has 0 unspecified atom stereocenters. The van der Waals surface area contributed by atoms with Crippen LogP contribution in [0, 0.1) is 0 Å². The summed E-state index contributed by atoms with van der Waals surface area (Å²) < 4.78 is 5.48. The fourth-order valence-corrected chi connectivity index (χ4v) is 3.32. The van der Waals surface area contributed by atoms with E-state index in [1.807, 2.05) is 30.5 Å². The molecule has 1 aliphatic carbocycles. The van der Waals surface area contributed by atoms with Crippen LogP contribution in [0.4, 0.5) is 11.4 Å². The molecule has 1 aliphatic heterocycles. The number of para-hydroxylation sites is 2. The highest BCUT2D eigenvalue weighted by Crippen LogP contribution is 2.29. The number of pyridine rings is 1. The van der Waals surface area contributed by atoms with Crippen molar-refractivity contribution in [1.29, 1.82) is 0 Å². The minimum absolute atomic E-state index is 0.0190. The van der Waals surface area contributed by atoms with Gasteiger partial charge in [-0.05, 0) is 31.0 Å². The molecule has 1 aromatic heterocycles. The Morgan fingerprint density at radius 2 is 1.85 bits per heavy atom. The van der Waals surface area contributed by atoms with Crippen molar-refractivity contribution in [1.82, 2.24) is 10.3 Å². The Labute approximate surface area is 153 Å². The molecule has 6 nitrogen and oxygen atoms in total. The average Bonchev–Trinajstić information content (AvgIpc) is 3.52. The van der Waals surface area contributed by atoms with Crippen LogP contribution in [0.2, 0.25) is 0 Å². The van der Waals surface area contributed by atoms with Gasteiger partial charge in [0.1, 0.15) is 5.75 Å². The quantitative estimate of drug-likeness (QED) is 0.895. The first-order chi connectivity index (χ1) is 12.7. The number of carbonyl (C=O) groups is 1. The lowest BCUT2D eigenvalue weighted by Crippen LogP contribution is -2.46. The molecule has 2 aliphatic rings. The van der Waals surface area contributed by atoms with Crippen LogP contribution in [0.15, 0.2) is 42.7 Å². The SMILES string of the molecule is COc1ccccc1N1CCN(c2cncc(C(=O)NC3CC3)c2)CC1. The number of rotatable bonds is 5. The minimum Gasteiger partial charge on any atom is -0.495 e. The number of aromatic nitrogens is 1. The number of nitrogens with one attached hydrogen (secondary N) is 1. The molecule has 1 N–H and O–H groups in total. The van der Waals surface area contributed by atoms with E-state index < -0.39 is 0 Å². The predicted molar refractivity (Wildman–Crippen MR) is 102 cm³/mol. The number of hydrogen-bond acceptors (Lipinski definition) is 5. The lowest BCUT2D eigenvalue weighted by molar-refractivity contribution is 0.0950. The zero-order chi connectivity index (χ0) is 17.9. The third-order valence-corrected chi connectivity index (χ3v) is 4.97. The number of nitrogens with zero attached hydrogens (tertiary/aromatic N) is 3. The molecule has 2 fully saturated rings. The van der Waals surface area contributed by atoms with Crippen molar-refractivity contribution in [2.75, 3.05) is 43.1 Å². The maximum Gasteiger partial charge on any atom is 0.253 e. The van der Waals surface area contributed by atoms with Gasteiger partial charge in [0.15, 0.2) is 0 Å². The summed E-state index contributed by atoms with van der Waals surface area (Å²) in [4.78, 5) is 21.1. The van der Waals surface area contributed by atoms with Gasteiger partial charge in [0.05, 0.1) is 30.2 Å². The molecule has 0 atom stereocenters. The summed E-state index contributed by atoms with van der Waals surface area (Å²) in [6.45, 7) is 3.57. The number of piperazine rings is 1. The smallest absolute Gasteiger partial charge is 0.253 e. The van der Waals surface area contributed by atoms with Crippen LogP contribution in [-0.2, 0) is 0 Å². The van der Waals surface area contributed by atoms with Gasteiger partial charge >= 0.3 is 0 Å². The molecule has 2 heterocycles.